The number of hydrogen-bond donors (Lipinski definition) is 0. The number of alkyl halides is 1. The van der Waals surface area contributed by atoms with Gasteiger partial charge in [-0.25, -0.2) is 0 Å². The van der Waals surface area contributed by atoms with E-state index >= 15 is 0 Å². The van der Waals surface area contributed by atoms with Gasteiger partial charge in [0.25, 0.3) is 0 Å². The third-order valence-corrected chi connectivity index (χ3v) is 12.8. The van der Waals surface area contributed by atoms with Crippen LogP contribution in [0.1, 0.15) is 119 Å². The first-order chi connectivity index (χ1) is 13.3. The van der Waals surface area contributed by atoms with Crippen LogP contribution in [-0.4, -0.2) is 4.83 Å². The van der Waals surface area contributed by atoms with Crippen LogP contribution in [0.15, 0.2) is 0 Å². The third-order valence-electron chi connectivity index (χ3n) is 12.0. The Morgan fingerprint density at radius 3 is 1.55 bits per heavy atom. The van der Waals surface area contributed by atoms with E-state index in [0.717, 1.165) is 11.8 Å². The standard InChI is InChI=1S/C28H45Br/c1-19(20(2)29)26-12-24(5)11-25(6,13-26)17-28(16-24,18-26)27-9-21-7-22(3,14-27)10-23(4,8-21)15-27/h19-21H,7-18H2,1-6H3. The van der Waals surface area contributed by atoms with Crippen LogP contribution in [0.2, 0.25) is 0 Å². The summed E-state index contributed by atoms with van der Waals surface area (Å²) in [7, 11) is 0. The predicted octanol–water partition coefficient (Wildman–Crippen LogP) is 8.77. The lowest BCUT2D eigenvalue weighted by molar-refractivity contribution is -0.290. The second-order valence-corrected chi connectivity index (χ2v) is 17.1. The molecule has 0 heterocycles. The van der Waals surface area contributed by atoms with Crippen molar-refractivity contribution in [1.82, 2.24) is 0 Å². The Bertz CT molecular complexity index is 711. The molecule has 8 saturated carbocycles. The molecule has 0 aromatic carbocycles. The molecule has 8 rings (SSSR count). The fourth-order valence-electron chi connectivity index (χ4n) is 13.4. The largest absolute Gasteiger partial charge is 0.0891 e. The summed E-state index contributed by atoms with van der Waals surface area (Å²) in [5.74, 6) is 1.85. The van der Waals surface area contributed by atoms with Gasteiger partial charge in [-0.3, -0.25) is 0 Å². The molecule has 164 valence electrons. The van der Waals surface area contributed by atoms with Crippen molar-refractivity contribution < 1.29 is 0 Å². The second-order valence-electron chi connectivity index (χ2n) is 15.7. The van der Waals surface area contributed by atoms with Gasteiger partial charge in [-0.15, -0.1) is 0 Å². The van der Waals surface area contributed by atoms with Gasteiger partial charge in [0.05, 0.1) is 0 Å². The Kier molecular flexibility index (Phi) is 3.70. The van der Waals surface area contributed by atoms with Gasteiger partial charge in [-0.1, -0.05) is 57.5 Å². The van der Waals surface area contributed by atoms with Crippen LogP contribution in [0.4, 0.5) is 0 Å². The zero-order valence-corrected chi connectivity index (χ0v) is 21.7. The molecule has 1 heteroatoms. The van der Waals surface area contributed by atoms with E-state index in [1.54, 1.807) is 51.4 Å². The van der Waals surface area contributed by atoms with Gasteiger partial charge in [0.1, 0.15) is 0 Å². The Morgan fingerprint density at radius 1 is 0.586 bits per heavy atom. The molecule has 6 unspecified atom stereocenters. The molecule has 0 aromatic rings. The van der Waals surface area contributed by atoms with E-state index in [1.165, 1.54) is 25.7 Å². The van der Waals surface area contributed by atoms with Crippen molar-refractivity contribution in [2.24, 2.45) is 49.7 Å². The van der Waals surface area contributed by atoms with Gasteiger partial charge in [0, 0.05) is 4.83 Å². The second kappa shape index (κ2) is 5.34. The van der Waals surface area contributed by atoms with Crippen molar-refractivity contribution in [1.29, 1.82) is 0 Å². The van der Waals surface area contributed by atoms with Crippen LogP contribution in [0.3, 0.4) is 0 Å². The molecule has 8 fully saturated rings. The monoisotopic (exact) mass is 460 g/mol. The topological polar surface area (TPSA) is 0 Å². The molecule has 8 aliphatic carbocycles. The van der Waals surface area contributed by atoms with Crippen molar-refractivity contribution in [3.63, 3.8) is 0 Å². The minimum absolute atomic E-state index is 0.590. The number of halogens is 1. The molecular formula is C28H45Br. The molecule has 0 saturated heterocycles. The fourth-order valence-corrected chi connectivity index (χ4v) is 13.9. The van der Waals surface area contributed by atoms with E-state index < -0.39 is 0 Å². The summed E-state index contributed by atoms with van der Waals surface area (Å²) >= 11 is 4.06. The molecule has 0 amide bonds. The minimum Gasteiger partial charge on any atom is -0.0891 e. The zero-order chi connectivity index (χ0) is 20.7. The Labute approximate surface area is 188 Å². The van der Waals surface area contributed by atoms with Gasteiger partial charge < -0.3 is 0 Å². The average Bonchev–Trinajstić information content (AvgIpc) is 2.46. The summed E-state index contributed by atoms with van der Waals surface area (Å²) in [5, 5.41) is 0. The quantitative estimate of drug-likeness (QED) is 0.369. The van der Waals surface area contributed by atoms with Gasteiger partial charge in [-0.05, 0) is 127 Å². The van der Waals surface area contributed by atoms with Crippen LogP contribution in [0.5, 0.6) is 0 Å². The van der Waals surface area contributed by atoms with E-state index in [-0.39, 0.29) is 0 Å². The summed E-state index contributed by atoms with van der Waals surface area (Å²) < 4.78 is 0. The summed E-state index contributed by atoms with van der Waals surface area (Å²) in [6.07, 6.45) is 18.6. The molecule has 8 aliphatic rings. The maximum absolute atomic E-state index is 4.06. The summed E-state index contributed by atoms with van der Waals surface area (Å²) in [4.78, 5) is 0.648. The van der Waals surface area contributed by atoms with Crippen molar-refractivity contribution in [2.75, 3.05) is 0 Å². The lowest BCUT2D eigenvalue weighted by atomic mass is 9.26. The Morgan fingerprint density at radius 2 is 1.07 bits per heavy atom. The van der Waals surface area contributed by atoms with Crippen LogP contribution < -0.4 is 0 Å². The van der Waals surface area contributed by atoms with Crippen LogP contribution in [0, 0.1) is 49.7 Å². The molecule has 29 heavy (non-hydrogen) atoms. The molecule has 6 atom stereocenters. The van der Waals surface area contributed by atoms with Crippen molar-refractivity contribution >= 4 is 15.9 Å². The smallest absolute Gasteiger partial charge is 0.0148 e. The molecule has 8 bridgehead atoms. The first-order valence-electron chi connectivity index (χ1n) is 12.9. The van der Waals surface area contributed by atoms with Gasteiger partial charge in [0.2, 0.25) is 0 Å². The minimum atomic E-state index is 0.590. The average molecular weight is 462 g/mol. The Hall–Kier alpha value is 0.480. The maximum Gasteiger partial charge on any atom is 0.0148 e. The molecule has 0 radical (unpaired) electrons. The van der Waals surface area contributed by atoms with Crippen LogP contribution >= 0.6 is 15.9 Å². The summed E-state index contributed by atoms with van der Waals surface area (Å²) in [6, 6.07) is 0. The molecule has 0 nitrogen and oxygen atoms in total. The van der Waals surface area contributed by atoms with Crippen LogP contribution in [-0.2, 0) is 0 Å². The van der Waals surface area contributed by atoms with Crippen molar-refractivity contribution in [2.45, 2.75) is 123 Å². The molecule has 0 aromatic heterocycles. The molecule has 0 aliphatic heterocycles. The summed E-state index contributed by atoms with van der Waals surface area (Å²) in [6.45, 7) is 15.9. The number of hydrogen-bond acceptors (Lipinski definition) is 0. The van der Waals surface area contributed by atoms with E-state index in [9.17, 15) is 0 Å². The van der Waals surface area contributed by atoms with E-state index in [1.807, 2.05) is 0 Å². The first kappa shape index (κ1) is 20.1. The normalized spacial score (nSPS) is 64.4. The highest BCUT2D eigenvalue weighted by molar-refractivity contribution is 9.09. The zero-order valence-electron chi connectivity index (χ0n) is 20.1. The predicted molar refractivity (Wildman–Crippen MR) is 126 cm³/mol. The lowest BCUT2D eigenvalue weighted by Gasteiger charge is -2.79. The summed E-state index contributed by atoms with van der Waals surface area (Å²) in [5.41, 5.74) is 4.41. The number of rotatable bonds is 3. The third kappa shape index (κ3) is 2.55. The highest BCUT2D eigenvalue weighted by Gasteiger charge is 2.74. The highest BCUT2D eigenvalue weighted by atomic mass is 79.9. The Balaban J connectivity index is 1.50. The van der Waals surface area contributed by atoms with Crippen molar-refractivity contribution in [3.05, 3.63) is 0 Å². The maximum atomic E-state index is 4.06. The van der Waals surface area contributed by atoms with E-state index in [4.69, 9.17) is 0 Å². The van der Waals surface area contributed by atoms with E-state index in [2.05, 4.69) is 57.5 Å². The molecular weight excluding hydrogens is 416 g/mol. The van der Waals surface area contributed by atoms with Crippen LogP contribution in [0.25, 0.3) is 0 Å². The fraction of sp³-hybridized carbons (Fsp3) is 1.00. The lowest BCUT2D eigenvalue weighted by Crippen LogP contribution is -2.69. The molecule has 0 spiro atoms. The first-order valence-corrected chi connectivity index (χ1v) is 13.8. The van der Waals surface area contributed by atoms with Gasteiger partial charge >= 0.3 is 0 Å². The van der Waals surface area contributed by atoms with Gasteiger partial charge in [0.15, 0.2) is 0 Å². The van der Waals surface area contributed by atoms with E-state index in [0.29, 0.717) is 42.7 Å². The van der Waals surface area contributed by atoms with Crippen molar-refractivity contribution in [3.8, 4) is 0 Å². The van der Waals surface area contributed by atoms with Gasteiger partial charge in [-0.2, -0.15) is 0 Å². The SMILES string of the molecule is CC(Br)C(C)C12CC3(C)CC(C)(C1)CC(C14CC5CC(C)(CC(C)(C5)C1)C4)(C3)C2. The molecule has 0 N–H and O–H groups in total. The highest BCUT2D eigenvalue weighted by Crippen LogP contribution is 2.84.